The van der Waals surface area contributed by atoms with Gasteiger partial charge in [0.25, 0.3) is 0 Å². The maximum atomic E-state index is 6.61. The van der Waals surface area contributed by atoms with Gasteiger partial charge in [-0.05, 0) is 67.7 Å². The Balaban J connectivity index is 1.61. The lowest BCUT2D eigenvalue weighted by molar-refractivity contribution is 0.300. The lowest BCUT2D eigenvalue weighted by atomic mass is 9.80. The molecule has 0 bridgehead atoms. The molecule has 29 heavy (non-hydrogen) atoms. The molecule has 154 valence electrons. The Hall–Kier alpha value is -1.71. The van der Waals surface area contributed by atoms with Gasteiger partial charge in [0.1, 0.15) is 0 Å². The zero-order chi connectivity index (χ0) is 20.5. The third-order valence-electron chi connectivity index (χ3n) is 6.27. The van der Waals surface area contributed by atoms with E-state index in [1.165, 1.54) is 68.9 Å². The molecule has 2 aromatic rings. The van der Waals surface area contributed by atoms with Crippen molar-refractivity contribution in [1.82, 2.24) is 0 Å². The first kappa shape index (κ1) is 22.0. The summed E-state index contributed by atoms with van der Waals surface area (Å²) in [6.45, 7) is 4.54. The second kappa shape index (κ2) is 11.5. The number of halogens is 1. The van der Waals surface area contributed by atoms with E-state index in [1.54, 1.807) is 0 Å². The van der Waals surface area contributed by atoms with Gasteiger partial charge in [-0.15, -0.1) is 0 Å². The fraction of sp³-hybridized carbons (Fsp3) is 0.500. The SMILES string of the molecule is CCCCCc1ccc(-c2ccc(C#C[C@H]3CC[C@H](CCC)CC3)cc2Cl)cc1. The number of hydrogen-bond donors (Lipinski definition) is 0. The molecule has 1 heteroatoms. The Labute approximate surface area is 183 Å². The van der Waals surface area contributed by atoms with Gasteiger partial charge in [0.05, 0.1) is 0 Å². The zero-order valence-corrected chi connectivity index (χ0v) is 18.9. The van der Waals surface area contributed by atoms with E-state index in [0.717, 1.165) is 28.5 Å². The molecule has 0 unspecified atom stereocenters. The van der Waals surface area contributed by atoms with Crippen LogP contribution in [0, 0.1) is 23.7 Å². The average Bonchev–Trinajstić information content (AvgIpc) is 2.74. The second-order valence-corrected chi connectivity index (χ2v) is 9.03. The van der Waals surface area contributed by atoms with Crippen molar-refractivity contribution in [2.45, 2.75) is 78.1 Å². The highest BCUT2D eigenvalue weighted by Crippen LogP contribution is 2.32. The second-order valence-electron chi connectivity index (χ2n) is 8.62. The standard InChI is InChI=1S/C28H35Cl/c1-3-5-6-8-23-15-18-26(19-16-23)27-20-17-25(21-28(27)29)14-13-24-11-9-22(7-4-2)10-12-24/h15-22,24H,3-12H2,1-2H3/t22-,24-. The molecule has 1 aliphatic rings. The van der Waals surface area contributed by atoms with Crippen molar-refractivity contribution in [2.75, 3.05) is 0 Å². The molecule has 0 nitrogen and oxygen atoms in total. The molecule has 0 aliphatic heterocycles. The molecule has 0 saturated heterocycles. The first-order valence-electron chi connectivity index (χ1n) is 11.6. The van der Waals surface area contributed by atoms with Crippen molar-refractivity contribution in [3.8, 4) is 23.0 Å². The van der Waals surface area contributed by atoms with Crippen molar-refractivity contribution < 1.29 is 0 Å². The highest BCUT2D eigenvalue weighted by atomic mass is 35.5. The van der Waals surface area contributed by atoms with Gasteiger partial charge in [-0.3, -0.25) is 0 Å². The molecule has 0 heterocycles. The third kappa shape index (κ3) is 6.65. The Kier molecular flexibility index (Phi) is 8.69. The first-order chi connectivity index (χ1) is 14.2. The Morgan fingerprint density at radius 3 is 2.31 bits per heavy atom. The van der Waals surface area contributed by atoms with E-state index in [9.17, 15) is 0 Å². The summed E-state index contributed by atoms with van der Waals surface area (Å²) >= 11 is 6.61. The molecule has 1 aliphatic carbocycles. The smallest absolute Gasteiger partial charge is 0.0496 e. The summed E-state index contributed by atoms with van der Waals surface area (Å²) in [7, 11) is 0. The van der Waals surface area contributed by atoms with E-state index in [0.29, 0.717) is 5.92 Å². The predicted molar refractivity (Wildman–Crippen MR) is 127 cm³/mol. The topological polar surface area (TPSA) is 0 Å². The third-order valence-corrected chi connectivity index (χ3v) is 6.58. The molecule has 0 radical (unpaired) electrons. The van der Waals surface area contributed by atoms with Crippen molar-refractivity contribution in [3.05, 3.63) is 58.6 Å². The molecular formula is C28H35Cl. The van der Waals surface area contributed by atoms with Crippen molar-refractivity contribution in [2.24, 2.45) is 11.8 Å². The van der Waals surface area contributed by atoms with Crippen LogP contribution in [0.15, 0.2) is 42.5 Å². The Bertz CT molecular complexity index is 814. The van der Waals surface area contributed by atoms with Crippen LogP contribution in [0.2, 0.25) is 5.02 Å². The normalized spacial score (nSPS) is 18.9. The van der Waals surface area contributed by atoms with Crippen molar-refractivity contribution in [1.29, 1.82) is 0 Å². The Morgan fingerprint density at radius 2 is 1.66 bits per heavy atom. The summed E-state index contributed by atoms with van der Waals surface area (Å²) in [4.78, 5) is 0. The molecule has 0 atom stereocenters. The minimum absolute atomic E-state index is 0.557. The van der Waals surface area contributed by atoms with Gasteiger partial charge in [-0.1, -0.05) is 93.3 Å². The highest BCUT2D eigenvalue weighted by molar-refractivity contribution is 6.33. The van der Waals surface area contributed by atoms with Gasteiger partial charge in [0.2, 0.25) is 0 Å². The monoisotopic (exact) mass is 406 g/mol. The summed E-state index contributed by atoms with van der Waals surface area (Å²) in [6.07, 6.45) is 12.9. The number of benzene rings is 2. The lowest BCUT2D eigenvalue weighted by Crippen LogP contribution is -2.13. The maximum absolute atomic E-state index is 6.61. The van der Waals surface area contributed by atoms with Crippen molar-refractivity contribution in [3.63, 3.8) is 0 Å². The van der Waals surface area contributed by atoms with Gasteiger partial charge in [0.15, 0.2) is 0 Å². The quantitative estimate of drug-likeness (QED) is 0.318. The van der Waals surface area contributed by atoms with Crippen LogP contribution in [0.5, 0.6) is 0 Å². The van der Waals surface area contributed by atoms with Crippen LogP contribution in [0.25, 0.3) is 11.1 Å². The minimum atomic E-state index is 0.557. The average molecular weight is 407 g/mol. The summed E-state index contributed by atoms with van der Waals surface area (Å²) in [6, 6.07) is 15.1. The fourth-order valence-electron chi connectivity index (χ4n) is 4.45. The summed E-state index contributed by atoms with van der Waals surface area (Å²) in [5.74, 6) is 8.39. The van der Waals surface area contributed by atoms with E-state index < -0.39 is 0 Å². The fourth-order valence-corrected chi connectivity index (χ4v) is 4.74. The predicted octanol–water partition coefficient (Wildman–Crippen LogP) is 8.70. The molecule has 1 fully saturated rings. The number of unbranched alkanes of at least 4 members (excludes halogenated alkanes) is 2. The van der Waals surface area contributed by atoms with Gasteiger partial charge in [0, 0.05) is 22.1 Å². The summed E-state index contributed by atoms with van der Waals surface area (Å²) in [5.41, 5.74) is 4.72. The van der Waals surface area contributed by atoms with Gasteiger partial charge < -0.3 is 0 Å². The van der Waals surface area contributed by atoms with E-state index >= 15 is 0 Å². The first-order valence-corrected chi connectivity index (χ1v) is 12.0. The zero-order valence-electron chi connectivity index (χ0n) is 18.1. The molecular weight excluding hydrogens is 372 g/mol. The number of rotatable bonds is 7. The molecule has 0 amide bonds. The minimum Gasteiger partial charge on any atom is -0.0945 e. The number of hydrogen-bond acceptors (Lipinski definition) is 0. The van der Waals surface area contributed by atoms with Gasteiger partial charge >= 0.3 is 0 Å². The highest BCUT2D eigenvalue weighted by Gasteiger charge is 2.18. The van der Waals surface area contributed by atoms with Crippen molar-refractivity contribution >= 4 is 11.6 Å². The maximum Gasteiger partial charge on any atom is 0.0496 e. The molecule has 1 saturated carbocycles. The van der Waals surface area contributed by atoms with Crippen LogP contribution >= 0.6 is 11.6 Å². The molecule has 3 rings (SSSR count). The van der Waals surface area contributed by atoms with Crippen LogP contribution in [0.1, 0.15) is 82.8 Å². The summed E-state index contributed by atoms with van der Waals surface area (Å²) in [5, 5.41) is 0.794. The lowest BCUT2D eigenvalue weighted by Gasteiger charge is -2.25. The van der Waals surface area contributed by atoms with Crippen LogP contribution in [-0.4, -0.2) is 0 Å². The van der Waals surface area contributed by atoms with Crippen LogP contribution < -0.4 is 0 Å². The van der Waals surface area contributed by atoms with E-state index in [4.69, 9.17) is 11.6 Å². The van der Waals surface area contributed by atoms with Crippen LogP contribution in [0.3, 0.4) is 0 Å². The van der Waals surface area contributed by atoms with Gasteiger partial charge in [-0.2, -0.15) is 0 Å². The van der Waals surface area contributed by atoms with Gasteiger partial charge in [-0.25, -0.2) is 0 Å². The van der Waals surface area contributed by atoms with Crippen LogP contribution in [0.4, 0.5) is 0 Å². The number of aryl methyl sites for hydroxylation is 1. The molecule has 0 aromatic heterocycles. The summed E-state index contributed by atoms with van der Waals surface area (Å²) < 4.78 is 0. The largest absolute Gasteiger partial charge is 0.0945 e. The molecule has 0 spiro atoms. The molecule has 0 N–H and O–H groups in total. The van der Waals surface area contributed by atoms with Crippen LogP contribution in [-0.2, 0) is 6.42 Å². The van der Waals surface area contributed by atoms with E-state index in [1.807, 2.05) is 6.07 Å². The van der Waals surface area contributed by atoms with E-state index in [-0.39, 0.29) is 0 Å². The van der Waals surface area contributed by atoms with E-state index in [2.05, 4.69) is 62.1 Å². The molecule has 2 aromatic carbocycles. The Morgan fingerprint density at radius 1 is 0.897 bits per heavy atom.